The van der Waals surface area contributed by atoms with Crippen LogP contribution in [0.25, 0.3) is 0 Å². The number of aliphatic hydroxyl groups is 1. The van der Waals surface area contributed by atoms with Crippen LogP contribution in [0.3, 0.4) is 0 Å². The van der Waals surface area contributed by atoms with Gasteiger partial charge in [-0.2, -0.15) is 0 Å². The van der Waals surface area contributed by atoms with Gasteiger partial charge in [-0.25, -0.2) is 17.2 Å². The molecule has 15 heavy (non-hydrogen) atoms. The Hall–Kier alpha value is -0.720. The summed E-state index contributed by atoms with van der Waals surface area (Å²) in [6, 6.07) is 1.45. The van der Waals surface area contributed by atoms with Crippen molar-refractivity contribution in [2.75, 3.05) is 0 Å². The van der Waals surface area contributed by atoms with Gasteiger partial charge in [0, 0.05) is 10.7 Å². The molecule has 0 aliphatic rings. The molecule has 0 unspecified atom stereocenters. The number of aliphatic hydroxyl groups excluding tert-OH is 1. The van der Waals surface area contributed by atoms with E-state index in [-0.39, 0.29) is 11.1 Å². The summed E-state index contributed by atoms with van der Waals surface area (Å²) in [5, 5.41) is 8.80. The maximum atomic E-state index is 12.8. The van der Waals surface area contributed by atoms with Crippen molar-refractivity contribution < 1.29 is 22.3 Å². The van der Waals surface area contributed by atoms with E-state index in [1.54, 1.807) is 0 Å². The first kappa shape index (κ1) is 12.4. The molecule has 0 aliphatic carbocycles. The first-order chi connectivity index (χ1) is 6.83. The molecule has 0 radical (unpaired) electrons. The minimum atomic E-state index is -3.87. The summed E-state index contributed by atoms with van der Waals surface area (Å²) in [6.45, 7) is -0.584. The predicted octanol–water partition coefficient (Wildman–Crippen LogP) is 1.53. The fraction of sp³-hybridized carbons (Fsp3) is 0.250. The largest absolute Gasteiger partial charge is 0.392 e. The van der Waals surface area contributed by atoms with E-state index in [9.17, 15) is 17.2 Å². The molecule has 1 aromatic rings. The van der Waals surface area contributed by atoms with E-state index >= 15 is 0 Å². The third-order valence-electron chi connectivity index (χ3n) is 1.74. The second-order valence-electron chi connectivity index (χ2n) is 2.88. The summed E-state index contributed by atoms with van der Waals surface area (Å²) in [6.07, 6.45) is 0. The van der Waals surface area contributed by atoms with Crippen molar-refractivity contribution in [1.82, 2.24) is 0 Å². The van der Waals surface area contributed by atoms with E-state index in [2.05, 4.69) is 0 Å². The zero-order chi connectivity index (χ0) is 11.6. The van der Waals surface area contributed by atoms with E-state index in [0.29, 0.717) is 6.07 Å². The van der Waals surface area contributed by atoms with Crippen molar-refractivity contribution in [3.63, 3.8) is 0 Å². The van der Waals surface area contributed by atoms with Crippen LogP contribution in [0.15, 0.2) is 12.1 Å². The monoisotopic (exact) mass is 256 g/mol. The van der Waals surface area contributed by atoms with Crippen molar-refractivity contribution >= 4 is 19.7 Å². The summed E-state index contributed by atoms with van der Waals surface area (Å²) in [7, 11) is 1.10. The highest BCUT2D eigenvalue weighted by molar-refractivity contribution is 8.13. The van der Waals surface area contributed by atoms with Gasteiger partial charge in [-0.05, 0) is 23.3 Å². The summed E-state index contributed by atoms with van der Waals surface area (Å²) in [5.41, 5.74) is -0.0514. The van der Waals surface area contributed by atoms with Crippen molar-refractivity contribution in [3.05, 3.63) is 34.9 Å². The predicted molar refractivity (Wildman–Crippen MR) is 50.8 cm³/mol. The Morgan fingerprint density at radius 2 is 1.67 bits per heavy atom. The third kappa shape index (κ3) is 3.40. The van der Waals surface area contributed by atoms with Gasteiger partial charge in [0.1, 0.15) is 0 Å². The molecule has 0 amide bonds. The standard InChI is InChI=1S/C8H7ClF2O3S/c9-15(13,14)4-6-2-8(11)7(10)1-5(6)3-12/h1-2,12H,3-4H2. The average Bonchev–Trinajstić information content (AvgIpc) is 2.08. The van der Waals surface area contributed by atoms with E-state index < -0.39 is 33.0 Å². The SMILES string of the molecule is O=S(=O)(Cl)Cc1cc(F)c(F)cc1CO. The molecule has 0 aromatic heterocycles. The summed E-state index contributed by atoms with van der Waals surface area (Å²) in [5.74, 6) is -2.97. The quantitative estimate of drug-likeness (QED) is 0.835. The van der Waals surface area contributed by atoms with Crippen LogP contribution in [0.2, 0.25) is 0 Å². The lowest BCUT2D eigenvalue weighted by molar-refractivity contribution is 0.280. The van der Waals surface area contributed by atoms with Crippen LogP contribution in [0.1, 0.15) is 11.1 Å². The van der Waals surface area contributed by atoms with Gasteiger partial charge in [0.25, 0.3) is 0 Å². The molecule has 0 atom stereocenters. The number of halogens is 3. The van der Waals surface area contributed by atoms with Crippen LogP contribution >= 0.6 is 10.7 Å². The molecule has 7 heteroatoms. The van der Waals surface area contributed by atoms with Gasteiger partial charge in [-0.15, -0.1) is 0 Å². The average molecular weight is 257 g/mol. The molecular weight excluding hydrogens is 250 g/mol. The molecular formula is C8H7ClF2O3S. The first-order valence-corrected chi connectivity index (χ1v) is 6.31. The molecule has 0 bridgehead atoms. The second kappa shape index (κ2) is 4.42. The Bertz CT molecular complexity index is 473. The van der Waals surface area contributed by atoms with Crippen LogP contribution in [0, 0.1) is 11.6 Å². The summed E-state index contributed by atoms with van der Waals surface area (Å²) < 4.78 is 47.0. The van der Waals surface area contributed by atoms with Gasteiger partial charge in [-0.1, -0.05) is 0 Å². The highest BCUT2D eigenvalue weighted by atomic mass is 35.7. The maximum Gasteiger partial charge on any atom is 0.236 e. The molecule has 0 heterocycles. The molecule has 84 valence electrons. The van der Waals surface area contributed by atoms with E-state index in [0.717, 1.165) is 6.07 Å². The number of hydrogen-bond donors (Lipinski definition) is 1. The van der Waals surface area contributed by atoms with E-state index in [4.69, 9.17) is 15.8 Å². The lowest BCUT2D eigenvalue weighted by Gasteiger charge is -2.06. The van der Waals surface area contributed by atoms with Crippen LogP contribution < -0.4 is 0 Å². The third-order valence-corrected chi connectivity index (χ3v) is 2.72. The topological polar surface area (TPSA) is 54.4 Å². The molecule has 0 saturated heterocycles. The number of rotatable bonds is 3. The minimum absolute atomic E-state index is 0.00174. The second-order valence-corrected chi connectivity index (χ2v) is 5.65. The Kier molecular flexibility index (Phi) is 3.64. The fourth-order valence-corrected chi connectivity index (χ4v) is 2.09. The highest BCUT2D eigenvalue weighted by Gasteiger charge is 2.14. The van der Waals surface area contributed by atoms with Gasteiger partial charge in [-0.3, -0.25) is 0 Å². The molecule has 0 fully saturated rings. The van der Waals surface area contributed by atoms with Gasteiger partial charge in [0.2, 0.25) is 9.05 Å². The lowest BCUT2D eigenvalue weighted by Crippen LogP contribution is -2.02. The lowest BCUT2D eigenvalue weighted by atomic mass is 10.1. The molecule has 0 spiro atoms. The summed E-state index contributed by atoms with van der Waals surface area (Å²) in [4.78, 5) is 0. The maximum absolute atomic E-state index is 12.8. The van der Waals surface area contributed by atoms with Crippen LogP contribution in [0.5, 0.6) is 0 Å². The van der Waals surface area contributed by atoms with Crippen LogP contribution in [-0.4, -0.2) is 13.5 Å². The Balaban J connectivity index is 3.22. The zero-order valence-electron chi connectivity index (χ0n) is 7.37. The van der Waals surface area contributed by atoms with Gasteiger partial charge in [0.05, 0.1) is 12.4 Å². The van der Waals surface area contributed by atoms with Crippen LogP contribution in [0.4, 0.5) is 8.78 Å². The normalized spacial score (nSPS) is 11.7. The minimum Gasteiger partial charge on any atom is -0.392 e. The Morgan fingerprint density at radius 3 is 2.07 bits per heavy atom. The summed E-state index contributed by atoms with van der Waals surface area (Å²) >= 11 is 0. The van der Waals surface area contributed by atoms with Crippen molar-refractivity contribution in [2.45, 2.75) is 12.4 Å². The fourth-order valence-electron chi connectivity index (χ4n) is 1.10. The number of benzene rings is 1. The van der Waals surface area contributed by atoms with E-state index in [1.807, 2.05) is 0 Å². The first-order valence-electron chi connectivity index (χ1n) is 3.83. The van der Waals surface area contributed by atoms with Crippen molar-refractivity contribution in [3.8, 4) is 0 Å². The zero-order valence-corrected chi connectivity index (χ0v) is 8.95. The van der Waals surface area contributed by atoms with Crippen molar-refractivity contribution in [2.24, 2.45) is 0 Å². The molecule has 0 saturated carbocycles. The van der Waals surface area contributed by atoms with E-state index in [1.165, 1.54) is 0 Å². The number of hydrogen-bond acceptors (Lipinski definition) is 3. The van der Waals surface area contributed by atoms with Crippen molar-refractivity contribution in [1.29, 1.82) is 0 Å². The van der Waals surface area contributed by atoms with Crippen LogP contribution in [-0.2, 0) is 21.4 Å². The molecule has 3 nitrogen and oxygen atoms in total. The smallest absolute Gasteiger partial charge is 0.236 e. The molecule has 1 aromatic carbocycles. The van der Waals surface area contributed by atoms with Gasteiger partial charge >= 0.3 is 0 Å². The highest BCUT2D eigenvalue weighted by Crippen LogP contribution is 2.19. The molecule has 0 aliphatic heterocycles. The van der Waals surface area contributed by atoms with Gasteiger partial charge < -0.3 is 5.11 Å². The molecule has 1 N–H and O–H groups in total. The van der Waals surface area contributed by atoms with Gasteiger partial charge in [0.15, 0.2) is 11.6 Å². The Morgan fingerprint density at radius 1 is 1.20 bits per heavy atom. The Labute approximate surface area is 89.7 Å². The molecule has 1 rings (SSSR count).